The zero-order chi connectivity index (χ0) is 26.6. The summed E-state index contributed by atoms with van der Waals surface area (Å²) < 4.78 is 8.40. The SMILES string of the molecule is Cc1ccc(OCCCCn2c(CCCCCNC(=O)/C=C/c3ccccc3)nc3ccccc32)c(C)c1. The third-order valence-electron chi connectivity index (χ3n) is 6.70. The van der Waals surface area contributed by atoms with Gasteiger partial charge in [-0.2, -0.15) is 0 Å². The Labute approximate surface area is 226 Å². The van der Waals surface area contributed by atoms with Crippen LogP contribution in [0, 0.1) is 13.8 Å². The highest BCUT2D eigenvalue weighted by Gasteiger charge is 2.10. The summed E-state index contributed by atoms with van der Waals surface area (Å²) in [6.07, 6.45) is 9.49. The Bertz CT molecular complexity index is 1340. The average molecular weight is 510 g/mol. The molecule has 1 amide bonds. The lowest BCUT2D eigenvalue weighted by Crippen LogP contribution is -2.22. The number of para-hydroxylation sites is 2. The fourth-order valence-corrected chi connectivity index (χ4v) is 4.67. The molecule has 0 unspecified atom stereocenters. The van der Waals surface area contributed by atoms with Crippen molar-refractivity contribution >= 4 is 23.0 Å². The highest BCUT2D eigenvalue weighted by Crippen LogP contribution is 2.21. The number of imidazole rings is 1. The Balaban J connectivity index is 1.19. The predicted octanol–water partition coefficient (Wildman–Crippen LogP) is 7.05. The van der Waals surface area contributed by atoms with Gasteiger partial charge in [0.2, 0.25) is 5.91 Å². The molecule has 1 N–H and O–H groups in total. The number of aromatic nitrogens is 2. The molecule has 4 aromatic rings. The number of fused-ring (bicyclic) bond motifs is 1. The number of hydrogen-bond acceptors (Lipinski definition) is 3. The van der Waals surface area contributed by atoms with Crippen LogP contribution >= 0.6 is 0 Å². The second-order valence-corrected chi connectivity index (χ2v) is 9.84. The van der Waals surface area contributed by atoms with E-state index in [0.717, 1.165) is 74.3 Å². The summed E-state index contributed by atoms with van der Waals surface area (Å²) in [4.78, 5) is 17.0. The van der Waals surface area contributed by atoms with Crippen molar-refractivity contribution in [2.75, 3.05) is 13.2 Å². The van der Waals surface area contributed by atoms with E-state index in [-0.39, 0.29) is 5.91 Å². The van der Waals surface area contributed by atoms with Gasteiger partial charge in [0.15, 0.2) is 0 Å². The van der Waals surface area contributed by atoms with Crippen molar-refractivity contribution in [1.29, 1.82) is 0 Å². The van der Waals surface area contributed by atoms with E-state index in [9.17, 15) is 4.79 Å². The van der Waals surface area contributed by atoms with Crippen LogP contribution in [0.25, 0.3) is 17.1 Å². The molecule has 4 rings (SSSR count). The summed E-state index contributed by atoms with van der Waals surface area (Å²) in [5.74, 6) is 2.08. The van der Waals surface area contributed by atoms with Gasteiger partial charge in [-0.3, -0.25) is 4.79 Å². The van der Waals surface area contributed by atoms with E-state index >= 15 is 0 Å². The molecule has 0 saturated heterocycles. The highest BCUT2D eigenvalue weighted by molar-refractivity contribution is 5.91. The molecule has 5 nitrogen and oxygen atoms in total. The molecular weight excluding hydrogens is 470 g/mol. The number of aryl methyl sites for hydroxylation is 4. The van der Waals surface area contributed by atoms with E-state index in [0.29, 0.717) is 6.54 Å². The van der Waals surface area contributed by atoms with Crippen LogP contribution in [0.5, 0.6) is 5.75 Å². The van der Waals surface area contributed by atoms with E-state index in [1.165, 1.54) is 16.6 Å². The van der Waals surface area contributed by atoms with Crippen LogP contribution in [0.4, 0.5) is 0 Å². The molecule has 0 saturated carbocycles. The number of ether oxygens (including phenoxy) is 1. The van der Waals surface area contributed by atoms with Crippen LogP contribution in [0.3, 0.4) is 0 Å². The topological polar surface area (TPSA) is 56.1 Å². The molecular formula is C33H39N3O2. The molecule has 0 spiro atoms. The zero-order valence-electron chi connectivity index (χ0n) is 22.7. The number of amides is 1. The molecule has 1 aromatic heterocycles. The van der Waals surface area contributed by atoms with Gasteiger partial charge in [-0.05, 0) is 74.9 Å². The van der Waals surface area contributed by atoms with E-state index in [2.05, 4.69) is 66.2 Å². The Morgan fingerprint density at radius 1 is 0.921 bits per heavy atom. The number of benzene rings is 3. The van der Waals surface area contributed by atoms with Gasteiger partial charge in [0, 0.05) is 25.6 Å². The predicted molar refractivity (Wildman–Crippen MR) is 156 cm³/mol. The molecule has 0 aliphatic carbocycles. The number of unbranched alkanes of at least 4 members (excludes halogenated alkanes) is 3. The van der Waals surface area contributed by atoms with E-state index < -0.39 is 0 Å². The molecule has 5 heteroatoms. The maximum atomic E-state index is 12.1. The Kier molecular flexibility index (Phi) is 10.1. The van der Waals surface area contributed by atoms with Gasteiger partial charge >= 0.3 is 0 Å². The Morgan fingerprint density at radius 2 is 1.74 bits per heavy atom. The summed E-state index contributed by atoms with van der Waals surface area (Å²) in [6, 6.07) is 24.6. The van der Waals surface area contributed by atoms with Crippen molar-refractivity contribution < 1.29 is 9.53 Å². The smallest absolute Gasteiger partial charge is 0.243 e. The quantitative estimate of drug-likeness (QED) is 0.146. The van der Waals surface area contributed by atoms with Crippen LogP contribution in [-0.4, -0.2) is 28.6 Å². The first-order valence-electron chi connectivity index (χ1n) is 13.8. The van der Waals surface area contributed by atoms with Gasteiger partial charge < -0.3 is 14.6 Å². The van der Waals surface area contributed by atoms with E-state index in [1.54, 1.807) is 6.08 Å². The van der Waals surface area contributed by atoms with Gasteiger partial charge in [0.25, 0.3) is 0 Å². The fraction of sp³-hybridized carbons (Fsp3) is 0.333. The number of hydrogen-bond donors (Lipinski definition) is 1. The van der Waals surface area contributed by atoms with Crippen molar-refractivity contribution in [2.24, 2.45) is 0 Å². The molecule has 0 radical (unpaired) electrons. The third-order valence-corrected chi connectivity index (χ3v) is 6.70. The standard InChI is InChI=1S/C33H39N3O2/c1-26-18-20-31(27(2)25-26)38-24-12-11-23-36-30-16-9-8-15-29(30)35-32(36)17-7-4-10-22-34-33(37)21-19-28-13-5-3-6-14-28/h3,5-6,8-9,13-16,18-21,25H,4,7,10-12,17,22-24H2,1-2H3,(H,34,37)/b21-19+. The van der Waals surface area contributed by atoms with Crippen LogP contribution in [0.1, 0.15) is 54.6 Å². The average Bonchev–Trinajstić information content (AvgIpc) is 3.28. The van der Waals surface area contributed by atoms with Crippen molar-refractivity contribution in [1.82, 2.24) is 14.9 Å². The van der Waals surface area contributed by atoms with E-state index in [4.69, 9.17) is 9.72 Å². The molecule has 198 valence electrons. The minimum Gasteiger partial charge on any atom is -0.493 e. The first-order chi connectivity index (χ1) is 18.6. The van der Waals surface area contributed by atoms with E-state index in [1.807, 2.05) is 36.4 Å². The van der Waals surface area contributed by atoms with Crippen molar-refractivity contribution in [2.45, 2.75) is 58.9 Å². The molecule has 0 aliphatic heterocycles. The summed E-state index contributed by atoms with van der Waals surface area (Å²) in [7, 11) is 0. The van der Waals surface area contributed by atoms with Crippen LogP contribution in [0.15, 0.2) is 78.9 Å². The first kappa shape index (κ1) is 27.2. The number of nitrogens with one attached hydrogen (secondary N) is 1. The lowest BCUT2D eigenvalue weighted by molar-refractivity contribution is -0.116. The van der Waals surface area contributed by atoms with Gasteiger partial charge in [-0.1, -0.05) is 66.6 Å². The Hall–Kier alpha value is -3.86. The first-order valence-corrected chi connectivity index (χ1v) is 13.8. The number of nitrogens with zero attached hydrogens (tertiary/aromatic N) is 2. The summed E-state index contributed by atoms with van der Waals surface area (Å²) >= 11 is 0. The molecule has 1 heterocycles. The minimum absolute atomic E-state index is 0.0443. The van der Waals surface area contributed by atoms with Crippen molar-refractivity contribution in [3.05, 3.63) is 101 Å². The molecule has 3 aromatic carbocycles. The zero-order valence-corrected chi connectivity index (χ0v) is 22.7. The van der Waals surface area contributed by atoms with Crippen LogP contribution in [0.2, 0.25) is 0 Å². The summed E-state index contributed by atoms with van der Waals surface area (Å²) in [5.41, 5.74) is 5.74. The van der Waals surface area contributed by atoms with Gasteiger partial charge in [0.05, 0.1) is 17.6 Å². The van der Waals surface area contributed by atoms with Gasteiger partial charge in [-0.15, -0.1) is 0 Å². The maximum Gasteiger partial charge on any atom is 0.243 e. The molecule has 0 fully saturated rings. The van der Waals surface area contributed by atoms with Gasteiger partial charge in [0.1, 0.15) is 11.6 Å². The largest absolute Gasteiger partial charge is 0.493 e. The summed E-state index contributed by atoms with van der Waals surface area (Å²) in [6.45, 7) is 6.56. The lowest BCUT2D eigenvalue weighted by atomic mass is 10.1. The number of carbonyl (C=O) groups is 1. The normalized spacial score (nSPS) is 11.3. The number of carbonyl (C=O) groups excluding carboxylic acids is 1. The number of rotatable bonds is 14. The van der Waals surface area contributed by atoms with Crippen LogP contribution in [-0.2, 0) is 17.8 Å². The summed E-state index contributed by atoms with van der Waals surface area (Å²) in [5, 5.41) is 2.98. The molecule has 38 heavy (non-hydrogen) atoms. The molecule has 0 atom stereocenters. The van der Waals surface area contributed by atoms with Crippen molar-refractivity contribution in [3.63, 3.8) is 0 Å². The van der Waals surface area contributed by atoms with Crippen molar-refractivity contribution in [3.8, 4) is 5.75 Å². The molecule has 0 aliphatic rings. The maximum absolute atomic E-state index is 12.1. The van der Waals surface area contributed by atoms with Gasteiger partial charge in [-0.25, -0.2) is 4.98 Å². The molecule has 0 bridgehead atoms. The Morgan fingerprint density at radius 3 is 2.58 bits per heavy atom. The lowest BCUT2D eigenvalue weighted by Gasteiger charge is -2.12. The van der Waals surface area contributed by atoms with Crippen LogP contribution < -0.4 is 10.1 Å². The highest BCUT2D eigenvalue weighted by atomic mass is 16.5. The second kappa shape index (κ2) is 14.2. The minimum atomic E-state index is -0.0443. The third kappa shape index (κ3) is 8.07. The fourth-order valence-electron chi connectivity index (χ4n) is 4.67. The monoisotopic (exact) mass is 509 g/mol. The second-order valence-electron chi connectivity index (χ2n) is 9.84.